The van der Waals surface area contributed by atoms with E-state index < -0.39 is 5.54 Å². The zero-order chi connectivity index (χ0) is 21.3. The number of benzene rings is 2. The summed E-state index contributed by atoms with van der Waals surface area (Å²) in [5.41, 5.74) is 21.9. The molecule has 0 saturated carbocycles. The van der Waals surface area contributed by atoms with Crippen molar-refractivity contribution in [3.63, 3.8) is 0 Å². The number of fused-ring (bicyclic) bond motifs is 1. The lowest BCUT2D eigenvalue weighted by Crippen LogP contribution is -2.55. The van der Waals surface area contributed by atoms with Crippen molar-refractivity contribution in [1.82, 2.24) is 10.1 Å². The molecule has 0 fully saturated rings. The number of aliphatic hydroxyl groups excluding tert-OH is 2. The van der Waals surface area contributed by atoms with Gasteiger partial charge in [0.25, 0.3) is 5.89 Å². The van der Waals surface area contributed by atoms with E-state index in [0.717, 1.165) is 40.9 Å². The Bertz CT molecular complexity index is 1050. The number of nitrogens with two attached hydrogens (primary N) is 3. The average Bonchev–Trinajstić information content (AvgIpc) is 3.41. The molecule has 4 rings (SSSR count). The zero-order valence-electron chi connectivity index (χ0n) is 16.6. The highest BCUT2D eigenvalue weighted by molar-refractivity contribution is 5.74. The van der Waals surface area contributed by atoms with Gasteiger partial charge in [0.05, 0.1) is 18.8 Å². The molecule has 1 aromatic heterocycles. The minimum atomic E-state index is -1.06. The minimum Gasteiger partial charge on any atom is -0.398 e. The van der Waals surface area contributed by atoms with Crippen LogP contribution in [0.2, 0.25) is 0 Å². The molecule has 0 aliphatic carbocycles. The van der Waals surface area contributed by atoms with Crippen LogP contribution in [-0.4, -0.2) is 52.2 Å². The molecule has 0 spiro atoms. The number of hydrogen-bond acceptors (Lipinski definition) is 9. The first-order valence-corrected chi connectivity index (χ1v) is 9.78. The highest BCUT2D eigenvalue weighted by atomic mass is 16.5. The summed E-state index contributed by atoms with van der Waals surface area (Å²) in [6.07, 6.45) is 0.778. The van der Waals surface area contributed by atoms with Gasteiger partial charge in [-0.25, -0.2) is 0 Å². The standard InChI is InChI=1S/C21H26N6O3/c22-9-14-5-4-13(8-17(14)23)20-25-19(26-30-20)16-2-1-3-18-15(16)6-7-27(18)10-21(24,11-28)12-29/h1-5,8,28-29H,6-7,9-12,22-24H2. The van der Waals surface area contributed by atoms with E-state index in [1.54, 1.807) is 6.07 Å². The Morgan fingerprint density at radius 3 is 2.67 bits per heavy atom. The van der Waals surface area contributed by atoms with Crippen LogP contribution < -0.4 is 22.1 Å². The highest BCUT2D eigenvalue weighted by Gasteiger charge is 2.31. The van der Waals surface area contributed by atoms with E-state index in [0.29, 0.717) is 30.5 Å². The van der Waals surface area contributed by atoms with Crippen molar-refractivity contribution in [2.45, 2.75) is 18.5 Å². The largest absolute Gasteiger partial charge is 0.398 e. The van der Waals surface area contributed by atoms with Gasteiger partial charge in [-0.15, -0.1) is 0 Å². The second-order valence-corrected chi connectivity index (χ2v) is 7.69. The van der Waals surface area contributed by atoms with Crippen LogP contribution in [0.1, 0.15) is 11.1 Å². The first-order chi connectivity index (χ1) is 14.5. The van der Waals surface area contributed by atoms with E-state index in [1.165, 1.54) is 0 Å². The Morgan fingerprint density at radius 2 is 1.97 bits per heavy atom. The van der Waals surface area contributed by atoms with E-state index in [4.69, 9.17) is 21.7 Å². The maximum Gasteiger partial charge on any atom is 0.258 e. The molecule has 0 radical (unpaired) electrons. The van der Waals surface area contributed by atoms with Crippen molar-refractivity contribution in [3.8, 4) is 22.8 Å². The Hall–Kier alpha value is -2.98. The number of aliphatic hydroxyl groups is 2. The SMILES string of the molecule is NCc1ccc(-c2nc(-c3cccc4c3CCN4CC(N)(CO)CO)no2)cc1N. The topological polar surface area (TPSA) is 161 Å². The second-order valence-electron chi connectivity index (χ2n) is 7.69. The number of hydrogen-bond donors (Lipinski definition) is 5. The first-order valence-electron chi connectivity index (χ1n) is 9.78. The maximum absolute atomic E-state index is 9.53. The average molecular weight is 410 g/mol. The predicted octanol–water partition coefficient (Wildman–Crippen LogP) is 0.489. The van der Waals surface area contributed by atoms with E-state index in [9.17, 15) is 10.2 Å². The Morgan fingerprint density at radius 1 is 1.17 bits per heavy atom. The smallest absolute Gasteiger partial charge is 0.258 e. The van der Waals surface area contributed by atoms with Crippen LogP contribution in [0.3, 0.4) is 0 Å². The Labute approximate surface area is 174 Å². The van der Waals surface area contributed by atoms with Gasteiger partial charge in [0.1, 0.15) is 0 Å². The summed E-state index contributed by atoms with van der Waals surface area (Å²) in [6, 6.07) is 11.4. The van der Waals surface area contributed by atoms with Crippen molar-refractivity contribution in [2.75, 3.05) is 36.9 Å². The summed E-state index contributed by atoms with van der Waals surface area (Å²) in [5, 5.41) is 23.2. The van der Waals surface area contributed by atoms with Gasteiger partial charge in [-0.2, -0.15) is 4.98 Å². The molecule has 9 nitrogen and oxygen atoms in total. The van der Waals surface area contributed by atoms with Gasteiger partial charge in [0.15, 0.2) is 0 Å². The lowest BCUT2D eigenvalue weighted by molar-refractivity contribution is 0.125. The molecular weight excluding hydrogens is 384 g/mol. The molecule has 0 atom stereocenters. The van der Waals surface area contributed by atoms with Gasteiger partial charge in [-0.1, -0.05) is 23.4 Å². The van der Waals surface area contributed by atoms with Crippen LogP contribution in [0.5, 0.6) is 0 Å². The third kappa shape index (κ3) is 3.63. The van der Waals surface area contributed by atoms with E-state index in [1.807, 2.05) is 30.3 Å². The van der Waals surface area contributed by atoms with Crippen LogP contribution in [0.4, 0.5) is 11.4 Å². The van der Waals surface area contributed by atoms with Crippen molar-refractivity contribution >= 4 is 11.4 Å². The fraction of sp³-hybridized carbons (Fsp3) is 0.333. The lowest BCUT2D eigenvalue weighted by Gasteiger charge is -2.31. The first kappa shape index (κ1) is 20.3. The minimum absolute atomic E-state index is 0.296. The number of aromatic nitrogens is 2. The molecular formula is C21H26N6O3. The molecule has 3 aromatic rings. The summed E-state index contributed by atoms with van der Waals surface area (Å²) in [6.45, 7) is 0.850. The van der Waals surface area contributed by atoms with Gasteiger partial charge >= 0.3 is 0 Å². The highest BCUT2D eigenvalue weighted by Crippen LogP contribution is 2.36. The number of anilines is 2. The molecule has 1 aliphatic heterocycles. The number of nitrogen functional groups attached to an aromatic ring is 1. The molecule has 158 valence electrons. The van der Waals surface area contributed by atoms with Crippen molar-refractivity contribution in [3.05, 3.63) is 47.5 Å². The third-order valence-corrected chi connectivity index (χ3v) is 5.54. The maximum atomic E-state index is 9.53. The van der Waals surface area contributed by atoms with Crippen molar-refractivity contribution in [2.24, 2.45) is 11.5 Å². The number of rotatable bonds is 7. The summed E-state index contributed by atoms with van der Waals surface area (Å²) in [5.74, 6) is 0.878. The van der Waals surface area contributed by atoms with Crippen LogP contribution in [0.25, 0.3) is 22.8 Å². The van der Waals surface area contributed by atoms with E-state index in [2.05, 4.69) is 15.0 Å². The van der Waals surface area contributed by atoms with E-state index in [-0.39, 0.29) is 13.2 Å². The molecule has 0 bridgehead atoms. The molecule has 2 heterocycles. The van der Waals surface area contributed by atoms with Gasteiger partial charge < -0.3 is 36.8 Å². The quantitative estimate of drug-likeness (QED) is 0.349. The van der Waals surface area contributed by atoms with Crippen LogP contribution in [-0.2, 0) is 13.0 Å². The summed E-state index contributed by atoms with van der Waals surface area (Å²) < 4.78 is 5.49. The molecule has 8 N–H and O–H groups in total. The van der Waals surface area contributed by atoms with Crippen LogP contribution in [0.15, 0.2) is 40.9 Å². The molecule has 9 heteroatoms. The molecule has 0 amide bonds. The van der Waals surface area contributed by atoms with Crippen LogP contribution >= 0.6 is 0 Å². The molecule has 2 aromatic carbocycles. The Kier molecular flexibility index (Phi) is 5.44. The van der Waals surface area contributed by atoms with Gasteiger partial charge in [-0.3, -0.25) is 0 Å². The fourth-order valence-corrected chi connectivity index (χ4v) is 3.77. The molecule has 1 aliphatic rings. The molecule has 0 unspecified atom stereocenters. The molecule has 0 saturated heterocycles. The summed E-state index contributed by atoms with van der Waals surface area (Å²) in [7, 11) is 0. The monoisotopic (exact) mass is 410 g/mol. The normalized spacial score (nSPS) is 13.7. The van der Waals surface area contributed by atoms with Gasteiger partial charge in [0.2, 0.25) is 5.82 Å². The predicted molar refractivity (Wildman–Crippen MR) is 114 cm³/mol. The second kappa shape index (κ2) is 8.04. The van der Waals surface area contributed by atoms with Crippen molar-refractivity contribution in [1.29, 1.82) is 0 Å². The zero-order valence-corrected chi connectivity index (χ0v) is 16.6. The van der Waals surface area contributed by atoms with Gasteiger partial charge in [0, 0.05) is 42.1 Å². The Balaban J connectivity index is 1.64. The lowest BCUT2D eigenvalue weighted by atomic mass is 10.0. The summed E-state index contributed by atoms with van der Waals surface area (Å²) >= 11 is 0. The van der Waals surface area contributed by atoms with Crippen molar-refractivity contribution < 1.29 is 14.7 Å². The number of nitrogens with zero attached hydrogens (tertiary/aromatic N) is 3. The third-order valence-electron chi connectivity index (χ3n) is 5.54. The van der Waals surface area contributed by atoms with Crippen LogP contribution in [0, 0.1) is 0 Å². The summed E-state index contributed by atoms with van der Waals surface area (Å²) in [4.78, 5) is 6.64. The fourth-order valence-electron chi connectivity index (χ4n) is 3.77. The van der Waals surface area contributed by atoms with Gasteiger partial charge in [-0.05, 0) is 35.7 Å². The van der Waals surface area contributed by atoms with E-state index >= 15 is 0 Å². The molecule has 30 heavy (non-hydrogen) atoms.